The van der Waals surface area contributed by atoms with Crippen LogP contribution in [0.1, 0.15) is 19.8 Å². The van der Waals surface area contributed by atoms with E-state index < -0.39 is 10.0 Å². The first-order chi connectivity index (χ1) is 6.93. The monoisotopic (exact) mass is 255 g/mol. The van der Waals surface area contributed by atoms with E-state index in [-0.39, 0.29) is 17.2 Å². The molecule has 4 nitrogen and oxygen atoms in total. The van der Waals surface area contributed by atoms with Gasteiger partial charge in [-0.25, -0.2) is 8.42 Å². The van der Waals surface area contributed by atoms with Gasteiger partial charge in [0.15, 0.2) is 0 Å². The topological polar surface area (TPSA) is 46.6 Å². The van der Waals surface area contributed by atoms with E-state index in [0.29, 0.717) is 13.1 Å². The first kappa shape index (κ1) is 13.2. The molecule has 0 spiro atoms. The Bertz CT molecular complexity index is 306. The summed E-state index contributed by atoms with van der Waals surface area (Å²) in [6.45, 7) is 2.95. The van der Waals surface area contributed by atoms with Crippen molar-refractivity contribution in [1.82, 2.24) is 4.31 Å². The lowest BCUT2D eigenvalue weighted by Crippen LogP contribution is -2.50. The minimum Gasteiger partial charge on any atom is -0.377 e. The fraction of sp³-hybridized carbons (Fsp3) is 1.00. The maximum atomic E-state index is 11.8. The first-order valence-corrected chi connectivity index (χ1v) is 7.17. The van der Waals surface area contributed by atoms with Crippen molar-refractivity contribution < 1.29 is 13.2 Å². The average Bonchev–Trinajstić information content (AvgIpc) is 2.18. The molecule has 90 valence electrons. The standard InChI is InChI=1S/C9H18ClNO3S/c1-9(14-2)4-3-6-11(8-9)15(12,13)7-5-10/h3-8H2,1-2H3. The number of rotatable bonds is 4. The van der Waals surface area contributed by atoms with Gasteiger partial charge >= 0.3 is 0 Å². The smallest absolute Gasteiger partial charge is 0.215 e. The van der Waals surface area contributed by atoms with E-state index in [9.17, 15) is 8.42 Å². The summed E-state index contributed by atoms with van der Waals surface area (Å²) in [5.74, 6) is 0.150. The van der Waals surface area contributed by atoms with Gasteiger partial charge in [-0.2, -0.15) is 4.31 Å². The molecule has 1 fully saturated rings. The highest BCUT2D eigenvalue weighted by Gasteiger charge is 2.35. The Morgan fingerprint density at radius 2 is 2.20 bits per heavy atom. The Morgan fingerprint density at radius 1 is 1.53 bits per heavy atom. The number of ether oxygens (including phenoxy) is 1. The quantitative estimate of drug-likeness (QED) is 0.706. The summed E-state index contributed by atoms with van der Waals surface area (Å²) in [4.78, 5) is 0. The zero-order valence-electron chi connectivity index (χ0n) is 9.20. The zero-order chi connectivity index (χ0) is 11.5. The lowest BCUT2D eigenvalue weighted by molar-refractivity contribution is -0.0319. The molecular formula is C9H18ClNO3S. The Kier molecular flexibility index (Phi) is 4.40. The molecule has 0 aromatic rings. The molecule has 0 aliphatic carbocycles. The molecule has 1 atom stereocenters. The summed E-state index contributed by atoms with van der Waals surface area (Å²) in [6, 6.07) is 0. The molecule has 0 aromatic heterocycles. The second-order valence-electron chi connectivity index (χ2n) is 4.10. The van der Waals surface area contributed by atoms with Gasteiger partial charge in [0.2, 0.25) is 10.0 Å². The lowest BCUT2D eigenvalue weighted by Gasteiger charge is -2.38. The van der Waals surface area contributed by atoms with Crippen molar-refractivity contribution in [3.63, 3.8) is 0 Å². The fourth-order valence-electron chi connectivity index (χ4n) is 1.79. The highest BCUT2D eigenvalue weighted by atomic mass is 35.5. The van der Waals surface area contributed by atoms with E-state index in [0.717, 1.165) is 12.8 Å². The van der Waals surface area contributed by atoms with Crippen LogP contribution in [0.4, 0.5) is 0 Å². The molecule has 1 unspecified atom stereocenters. The molecule has 0 aromatic carbocycles. The van der Waals surface area contributed by atoms with Crippen LogP contribution in [-0.4, -0.2) is 50.2 Å². The Morgan fingerprint density at radius 3 is 2.73 bits per heavy atom. The number of alkyl halides is 1. The van der Waals surface area contributed by atoms with Crippen molar-refractivity contribution in [2.24, 2.45) is 0 Å². The van der Waals surface area contributed by atoms with Crippen molar-refractivity contribution >= 4 is 21.6 Å². The van der Waals surface area contributed by atoms with Crippen LogP contribution in [0, 0.1) is 0 Å². The first-order valence-electron chi connectivity index (χ1n) is 5.02. The molecule has 0 bridgehead atoms. The van der Waals surface area contributed by atoms with E-state index >= 15 is 0 Å². The molecule has 1 heterocycles. The number of sulfonamides is 1. The van der Waals surface area contributed by atoms with Crippen LogP contribution >= 0.6 is 11.6 Å². The zero-order valence-corrected chi connectivity index (χ0v) is 10.8. The average molecular weight is 256 g/mol. The predicted molar refractivity (Wildman–Crippen MR) is 60.7 cm³/mol. The largest absolute Gasteiger partial charge is 0.377 e. The highest BCUT2D eigenvalue weighted by molar-refractivity contribution is 7.89. The van der Waals surface area contributed by atoms with Gasteiger partial charge in [-0.3, -0.25) is 0 Å². The van der Waals surface area contributed by atoms with Gasteiger partial charge in [-0.1, -0.05) is 0 Å². The minimum absolute atomic E-state index is 0.00828. The molecular weight excluding hydrogens is 238 g/mol. The van der Waals surface area contributed by atoms with E-state index in [1.165, 1.54) is 4.31 Å². The van der Waals surface area contributed by atoms with Crippen molar-refractivity contribution in [2.75, 3.05) is 31.8 Å². The van der Waals surface area contributed by atoms with Crippen LogP contribution in [0.15, 0.2) is 0 Å². The number of hydrogen-bond acceptors (Lipinski definition) is 3. The summed E-state index contributed by atoms with van der Waals surface area (Å²) >= 11 is 5.47. The second kappa shape index (κ2) is 4.99. The number of halogens is 1. The maximum absolute atomic E-state index is 11.8. The summed E-state index contributed by atoms with van der Waals surface area (Å²) in [6.07, 6.45) is 1.74. The van der Waals surface area contributed by atoms with E-state index in [4.69, 9.17) is 16.3 Å². The van der Waals surface area contributed by atoms with Crippen LogP contribution in [-0.2, 0) is 14.8 Å². The molecule has 0 radical (unpaired) electrons. The molecule has 6 heteroatoms. The van der Waals surface area contributed by atoms with Gasteiger partial charge in [0.1, 0.15) is 0 Å². The Balaban J connectivity index is 2.72. The third kappa shape index (κ3) is 3.31. The van der Waals surface area contributed by atoms with E-state index in [1.54, 1.807) is 7.11 Å². The molecule has 1 rings (SSSR count). The maximum Gasteiger partial charge on any atom is 0.215 e. The molecule has 0 N–H and O–H groups in total. The number of nitrogens with zero attached hydrogens (tertiary/aromatic N) is 1. The van der Waals surface area contributed by atoms with Crippen LogP contribution in [0.3, 0.4) is 0 Å². The Labute approximate surface area is 96.6 Å². The lowest BCUT2D eigenvalue weighted by atomic mass is 9.96. The van der Waals surface area contributed by atoms with Crippen molar-refractivity contribution in [3.8, 4) is 0 Å². The molecule has 0 amide bonds. The normalized spacial score (nSPS) is 29.3. The minimum atomic E-state index is -3.19. The second-order valence-corrected chi connectivity index (χ2v) is 6.56. The number of piperidine rings is 1. The van der Waals surface area contributed by atoms with Gasteiger partial charge in [-0.15, -0.1) is 11.6 Å². The summed E-state index contributed by atoms with van der Waals surface area (Å²) in [5, 5.41) is 0. The van der Waals surface area contributed by atoms with Crippen molar-refractivity contribution in [1.29, 1.82) is 0 Å². The third-order valence-electron chi connectivity index (χ3n) is 2.85. The van der Waals surface area contributed by atoms with Gasteiger partial charge in [0, 0.05) is 26.1 Å². The summed E-state index contributed by atoms with van der Waals surface area (Å²) in [5.41, 5.74) is -0.350. The van der Waals surface area contributed by atoms with Crippen LogP contribution in [0.5, 0.6) is 0 Å². The fourth-order valence-corrected chi connectivity index (χ4v) is 3.71. The molecule has 15 heavy (non-hydrogen) atoms. The summed E-state index contributed by atoms with van der Waals surface area (Å²) < 4.78 is 30.4. The van der Waals surface area contributed by atoms with Crippen molar-refractivity contribution in [3.05, 3.63) is 0 Å². The molecule has 0 saturated carbocycles. The third-order valence-corrected chi connectivity index (χ3v) is 5.08. The predicted octanol–water partition coefficient (Wildman–Crippen LogP) is 1.06. The van der Waals surface area contributed by atoms with Gasteiger partial charge in [0.05, 0.1) is 11.4 Å². The molecule has 1 aliphatic heterocycles. The Hall–Kier alpha value is 0.160. The number of hydrogen-bond donors (Lipinski definition) is 0. The van der Waals surface area contributed by atoms with Crippen LogP contribution < -0.4 is 0 Å². The van der Waals surface area contributed by atoms with Crippen LogP contribution in [0.2, 0.25) is 0 Å². The molecule has 1 saturated heterocycles. The van der Waals surface area contributed by atoms with Gasteiger partial charge < -0.3 is 4.74 Å². The van der Waals surface area contributed by atoms with E-state index in [1.807, 2.05) is 6.92 Å². The summed E-state index contributed by atoms with van der Waals surface area (Å²) in [7, 11) is -1.57. The SMILES string of the molecule is COC1(C)CCCN(S(=O)(=O)CCCl)C1. The highest BCUT2D eigenvalue weighted by Crippen LogP contribution is 2.25. The van der Waals surface area contributed by atoms with Gasteiger partial charge in [-0.05, 0) is 19.8 Å². The van der Waals surface area contributed by atoms with Gasteiger partial charge in [0.25, 0.3) is 0 Å². The number of methoxy groups -OCH3 is 1. The van der Waals surface area contributed by atoms with E-state index in [2.05, 4.69) is 0 Å². The van der Waals surface area contributed by atoms with Crippen molar-refractivity contribution in [2.45, 2.75) is 25.4 Å². The van der Waals surface area contributed by atoms with Crippen LogP contribution in [0.25, 0.3) is 0 Å². The molecule has 1 aliphatic rings.